The van der Waals surface area contributed by atoms with Gasteiger partial charge in [0.1, 0.15) is 0 Å². The fourth-order valence-corrected chi connectivity index (χ4v) is 2.53. The third-order valence-corrected chi connectivity index (χ3v) is 4.05. The van der Waals surface area contributed by atoms with Gasteiger partial charge in [-0.25, -0.2) is 0 Å². The lowest BCUT2D eigenvalue weighted by Crippen LogP contribution is -2.40. The van der Waals surface area contributed by atoms with E-state index in [1.165, 1.54) is 0 Å². The average Bonchev–Trinajstić information content (AvgIpc) is 2.40. The standard InChI is InChI=1S/C13H17Cl2NO.ClH/c14-12(10-16-6-8-17-9-7-16)13(15)11-4-2-1-3-5-11;/h1-5,12-13H,6-10H2;1H. The molecule has 0 aromatic heterocycles. The zero-order valence-electron chi connectivity index (χ0n) is 10.1. The topological polar surface area (TPSA) is 12.5 Å². The van der Waals surface area contributed by atoms with Crippen LogP contribution in [0.4, 0.5) is 0 Å². The molecule has 0 saturated carbocycles. The Morgan fingerprint density at radius 3 is 2.33 bits per heavy atom. The van der Waals surface area contributed by atoms with E-state index in [1.54, 1.807) is 0 Å². The second-order valence-corrected chi connectivity index (χ2v) is 5.27. The molecule has 1 aromatic carbocycles. The van der Waals surface area contributed by atoms with Crippen LogP contribution < -0.4 is 0 Å². The molecule has 0 spiro atoms. The molecule has 18 heavy (non-hydrogen) atoms. The minimum Gasteiger partial charge on any atom is -0.379 e. The van der Waals surface area contributed by atoms with Gasteiger partial charge in [-0.2, -0.15) is 0 Å². The first-order valence-corrected chi connectivity index (χ1v) is 6.78. The molecule has 2 nitrogen and oxygen atoms in total. The van der Waals surface area contributed by atoms with Gasteiger partial charge in [0.25, 0.3) is 0 Å². The molecule has 5 heteroatoms. The predicted octanol–water partition coefficient (Wildman–Crippen LogP) is 3.33. The molecule has 1 fully saturated rings. The Balaban J connectivity index is 0.00000162. The summed E-state index contributed by atoms with van der Waals surface area (Å²) in [6, 6.07) is 10.0. The molecule has 2 unspecified atom stereocenters. The molecule has 1 aromatic rings. The van der Waals surface area contributed by atoms with Gasteiger partial charge < -0.3 is 4.74 Å². The third kappa shape index (κ3) is 4.60. The Morgan fingerprint density at radius 1 is 1.11 bits per heavy atom. The number of benzene rings is 1. The van der Waals surface area contributed by atoms with Gasteiger partial charge in [-0.3, -0.25) is 4.90 Å². The van der Waals surface area contributed by atoms with Crippen LogP contribution >= 0.6 is 35.6 Å². The highest BCUT2D eigenvalue weighted by Gasteiger charge is 2.22. The van der Waals surface area contributed by atoms with Crippen molar-refractivity contribution < 1.29 is 4.74 Å². The second kappa shape index (κ2) is 8.23. The zero-order chi connectivity index (χ0) is 12.1. The third-order valence-electron chi connectivity index (χ3n) is 2.97. The number of hydrogen-bond donors (Lipinski definition) is 0. The lowest BCUT2D eigenvalue weighted by molar-refractivity contribution is 0.0378. The normalized spacial score (nSPS) is 19.9. The average molecular weight is 311 g/mol. The first-order chi connectivity index (χ1) is 8.27. The summed E-state index contributed by atoms with van der Waals surface area (Å²) < 4.78 is 5.31. The van der Waals surface area contributed by atoms with Crippen LogP contribution in [0, 0.1) is 0 Å². The van der Waals surface area contributed by atoms with E-state index in [2.05, 4.69) is 4.90 Å². The second-order valence-electron chi connectivity index (χ2n) is 4.24. The summed E-state index contributed by atoms with van der Waals surface area (Å²) >= 11 is 12.8. The summed E-state index contributed by atoms with van der Waals surface area (Å²) in [5, 5.41) is -0.210. The van der Waals surface area contributed by atoms with Gasteiger partial charge in [-0.15, -0.1) is 35.6 Å². The number of halogens is 3. The highest BCUT2D eigenvalue weighted by atomic mass is 35.5. The van der Waals surface area contributed by atoms with E-state index >= 15 is 0 Å². The quantitative estimate of drug-likeness (QED) is 0.791. The van der Waals surface area contributed by atoms with Crippen LogP contribution in [-0.4, -0.2) is 43.1 Å². The monoisotopic (exact) mass is 309 g/mol. The lowest BCUT2D eigenvalue weighted by atomic mass is 10.1. The molecule has 2 atom stereocenters. The van der Waals surface area contributed by atoms with Gasteiger partial charge in [-0.05, 0) is 5.56 Å². The van der Waals surface area contributed by atoms with Crippen LogP contribution in [0.15, 0.2) is 30.3 Å². The first-order valence-electron chi connectivity index (χ1n) is 5.90. The molecule has 0 bridgehead atoms. The number of alkyl halides is 2. The molecule has 1 aliphatic heterocycles. The van der Waals surface area contributed by atoms with Crippen molar-refractivity contribution in [2.75, 3.05) is 32.8 Å². The number of hydrogen-bond acceptors (Lipinski definition) is 2. The summed E-state index contributed by atoms with van der Waals surface area (Å²) in [5.74, 6) is 0. The van der Waals surface area contributed by atoms with Gasteiger partial charge in [0.05, 0.1) is 24.0 Å². The summed E-state index contributed by atoms with van der Waals surface area (Å²) in [4.78, 5) is 2.31. The Labute approximate surface area is 125 Å². The van der Waals surface area contributed by atoms with Crippen molar-refractivity contribution >= 4 is 35.6 Å². The highest BCUT2D eigenvalue weighted by molar-refractivity contribution is 6.30. The number of rotatable bonds is 4. The fourth-order valence-electron chi connectivity index (χ4n) is 1.97. The molecular weight excluding hydrogens is 293 g/mol. The zero-order valence-corrected chi connectivity index (χ0v) is 12.4. The molecule has 2 rings (SSSR count). The Hall–Kier alpha value is 0.01000. The molecule has 0 N–H and O–H groups in total. The van der Waals surface area contributed by atoms with Crippen molar-refractivity contribution in [3.63, 3.8) is 0 Å². The van der Waals surface area contributed by atoms with Crippen LogP contribution in [0.5, 0.6) is 0 Å². The van der Waals surface area contributed by atoms with E-state index in [4.69, 9.17) is 27.9 Å². The van der Waals surface area contributed by atoms with E-state index in [9.17, 15) is 0 Å². The van der Waals surface area contributed by atoms with Crippen LogP contribution in [0.2, 0.25) is 0 Å². The molecule has 1 saturated heterocycles. The largest absolute Gasteiger partial charge is 0.379 e. The van der Waals surface area contributed by atoms with Gasteiger partial charge in [0, 0.05) is 19.6 Å². The molecular formula is C13H18Cl3NO. The van der Waals surface area contributed by atoms with Gasteiger partial charge >= 0.3 is 0 Å². The predicted molar refractivity (Wildman–Crippen MR) is 79.2 cm³/mol. The van der Waals surface area contributed by atoms with Crippen molar-refractivity contribution in [3.8, 4) is 0 Å². The van der Waals surface area contributed by atoms with Crippen LogP contribution in [0.1, 0.15) is 10.9 Å². The SMILES string of the molecule is Cl.ClC(CN1CCOCC1)C(Cl)c1ccccc1. The summed E-state index contributed by atoms with van der Waals surface area (Å²) in [6.45, 7) is 4.29. The Kier molecular flexibility index (Phi) is 7.35. The van der Waals surface area contributed by atoms with Crippen molar-refractivity contribution in [3.05, 3.63) is 35.9 Å². The molecule has 0 amide bonds. The molecule has 0 radical (unpaired) electrons. The molecule has 1 aliphatic rings. The van der Waals surface area contributed by atoms with Crippen molar-refractivity contribution in [2.24, 2.45) is 0 Å². The molecule has 0 aliphatic carbocycles. The molecule has 1 heterocycles. The lowest BCUT2D eigenvalue weighted by Gasteiger charge is -2.29. The van der Waals surface area contributed by atoms with Crippen LogP contribution in [-0.2, 0) is 4.74 Å². The molecule has 102 valence electrons. The number of morpholine rings is 1. The number of ether oxygens (including phenoxy) is 1. The van der Waals surface area contributed by atoms with Gasteiger partial charge in [0.2, 0.25) is 0 Å². The van der Waals surface area contributed by atoms with E-state index in [0.717, 1.165) is 38.4 Å². The Morgan fingerprint density at radius 2 is 1.72 bits per heavy atom. The minimum atomic E-state index is -0.138. The summed E-state index contributed by atoms with van der Waals surface area (Å²) in [5.41, 5.74) is 1.09. The Bertz CT molecular complexity index is 330. The van der Waals surface area contributed by atoms with E-state index < -0.39 is 0 Å². The van der Waals surface area contributed by atoms with Crippen LogP contribution in [0.3, 0.4) is 0 Å². The highest BCUT2D eigenvalue weighted by Crippen LogP contribution is 2.28. The van der Waals surface area contributed by atoms with Gasteiger partial charge in [0.15, 0.2) is 0 Å². The van der Waals surface area contributed by atoms with E-state index in [0.29, 0.717) is 0 Å². The first kappa shape index (κ1) is 16.1. The maximum atomic E-state index is 6.39. The maximum absolute atomic E-state index is 6.39. The number of nitrogens with zero attached hydrogens (tertiary/aromatic N) is 1. The van der Waals surface area contributed by atoms with Crippen molar-refractivity contribution in [2.45, 2.75) is 10.8 Å². The maximum Gasteiger partial charge on any atom is 0.0761 e. The van der Waals surface area contributed by atoms with Crippen molar-refractivity contribution in [1.82, 2.24) is 4.90 Å². The van der Waals surface area contributed by atoms with E-state index in [-0.39, 0.29) is 23.2 Å². The smallest absolute Gasteiger partial charge is 0.0761 e. The summed E-state index contributed by atoms with van der Waals surface area (Å²) in [7, 11) is 0. The van der Waals surface area contributed by atoms with Gasteiger partial charge in [-0.1, -0.05) is 30.3 Å². The minimum absolute atomic E-state index is 0. The fraction of sp³-hybridized carbons (Fsp3) is 0.538. The summed E-state index contributed by atoms with van der Waals surface area (Å²) in [6.07, 6.45) is 0. The van der Waals surface area contributed by atoms with Crippen LogP contribution in [0.25, 0.3) is 0 Å². The van der Waals surface area contributed by atoms with Crippen molar-refractivity contribution in [1.29, 1.82) is 0 Å². The van der Waals surface area contributed by atoms with E-state index in [1.807, 2.05) is 30.3 Å².